The van der Waals surface area contributed by atoms with Gasteiger partial charge in [0.05, 0.1) is 0 Å². The molecule has 0 atom stereocenters. The van der Waals surface area contributed by atoms with Gasteiger partial charge in [0.2, 0.25) is 5.91 Å². The number of anilines is 1. The number of carbonyl (C=O) groups is 2. The zero-order valence-corrected chi connectivity index (χ0v) is 14.6. The topological polar surface area (TPSA) is 40.6 Å². The van der Waals surface area contributed by atoms with Gasteiger partial charge in [0, 0.05) is 36.8 Å². The first-order valence-electron chi connectivity index (χ1n) is 8.92. The van der Waals surface area contributed by atoms with E-state index in [1.165, 1.54) is 0 Å². The molecule has 0 unspecified atom stereocenters. The highest BCUT2D eigenvalue weighted by molar-refractivity contribution is 5.95. The second-order valence-corrected chi connectivity index (χ2v) is 6.34. The van der Waals surface area contributed by atoms with Crippen LogP contribution in [0.25, 0.3) is 0 Å². The van der Waals surface area contributed by atoms with Gasteiger partial charge in [-0.15, -0.1) is 0 Å². The molecule has 1 fully saturated rings. The van der Waals surface area contributed by atoms with Crippen LogP contribution in [0.1, 0.15) is 36.5 Å². The molecule has 0 bridgehead atoms. The Kier molecular flexibility index (Phi) is 5.49. The first-order chi connectivity index (χ1) is 12.2. The van der Waals surface area contributed by atoms with Crippen molar-refractivity contribution in [3.63, 3.8) is 0 Å². The van der Waals surface area contributed by atoms with Gasteiger partial charge in [0.25, 0.3) is 5.91 Å². The number of hydrogen-bond acceptors (Lipinski definition) is 2. The van der Waals surface area contributed by atoms with E-state index in [9.17, 15) is 9.59 Å². The van der Waals surface area contributed by atoms with Crippen molar-refractivity contribution in [2.45, 2.75) is 32.2 Å². The lowest BCUT2D eigenvalue weighted by molar-refractivity contribution is -0.119. The lowest BCUT2D eigenvalue weighted by Crippen LogP contribution is -2.49. The van der Waals surface area contributed by atoms with E-state index in [-0.39, 0.29) is 17.9 Å². The number of nitrogens with zero attached hydrogens (tertiary/aromatic N) is 2. The Morgan fingerprint density at radius 2 is 1.52 bits per heavy atom. The first-order valence-corrected chi connectivity index (χ1v) is 8.92. The largest absolute Gasteiger partial charge is 0.338 e. The van der Waals surface area contributed by atoms with E-state index in [2.05, 4.69) is 0 Å². The molecule has 0 saturated carbocycles. The Balaban J connectivity index is 1.69. The van der Waals surface area contributed by atoms with Crippen LogP contribution >= 0.6 is 0 Å². The monoisotopic (exact) mass is 336 g/mol. The predicted octanol–water partition coefficient (Wildman–Crippen LogP) is 3.73. The van der Waals surface area contributed by atoms with Gasteiger partial charge in [-0.3, -0.25) is 9.59 Å². The number of carbonyl (C=O) groups excluding carboxylic acids is 2. The summed E-state index contributed by atoms with van der Waals surface area (Å²) < 4.78 is 0. The molecule has 2 amide bonds. The van der Waals surface area contributed by atoms with E-state index in [0.717, 1.165) is 24.1 Å². The molecule has 2 aromatic carbocycles. The number of amides is 2. The zero-order chi connectivity index (χ0) is 17.6. The summed E-state index contributed by atoms with van der Waals surface area (Å²) in [5, 5.41) is 0. The van der Waals surface area contributed by atoms with Gasteiger partial charge in [-0.05, 0) is 37.1 Å². The third kappa shape index (κ3) is 3.90. The summed E-state index contributed by atoms with van der Waals surface area (Å²) >= 11 is 0. The SMILES string of the molecule is CCC(=O)N(c1ccccc1)C1CCN(C(=O)c2ccccc2)CC1. The Morgan fingerprint density at radius 3 is 2.08 bits per heavy atom. The van der Waals surface area contributed by atoms with Crippen molar-refractivity contribution in [1.82, 2.24) is 4.90 Å². The minimum Gasteiger partial charge on any atom is -0.338 e. The Hall–Kier alpha value is -2.62. The minimum absolute atomic E-state index is 0.0760. The quantitative estimate of drug-likeness (QED) is 0.853. The molecule has 25 heavy (non-hydrogen) atoms. The molecule has 130 valence electrons. The normalized spacial score (nSPS) is 15.0. The maximum atomic E-state index is 12.6. The molecule has 2 aromatic rings. The van der Waals surface area contributed by atoms with Crippen LogP contribution in [0.5, 0.6) is 0 Å². The van der Waals surface area contributed by atoms with E-state index in [0.29, 0.717) is 19.5 Å². The molecule has 0 radical (unpaired) electrons. The molecule has 4 heteroatoms. The lowest BCUT2D eigenvalue weighted by atomic mass is 10.0. The van der Waals surface area contributed by atoms with Crippen LogP contribution in [0.4, 0.5) is 5.69 Å². The van der Waals surface area contributed by atoms with Crippen molar-refractivity contribution >= 4 is 17.5 Å². The summed E-state index contributed by atoms with van der Waals surface area (Å²) in [5.41, 5.74) is 1.67. The number of likely N-dealkylation sites (tertiary alicyclic amines) is 1. The maximum Gasteiger partial charge on any atom is 0.253 e. The van der Waals surface area contributed by atoms with Crippen LogP contribution in [0.15, 0.2) is 60.7 Å². The smallest absolute Gasteiger partial charge is 0.253 e. The highest BCUT2D eigenvalue weighted by Gasteiger charge is 2.30. The van der Waals surface area contributed by atoms with E-state index in [4.69, 9.17) is 0 Å². The van der Waals surface area contributed by atoms with Crippen LogP contribution in [-0.2, 0) is 4.79 Å². The van der Waals surface area contributed by atoms with E-state index in [1.54, 1.807) is 0 Å². The first kappa shape index (κ1) is 17.2. The fourth-order valence-electron chi connectivity index (χ4n) is 3.41. The number of hydrogen-bond donors (Lipinski definition) is 0. The number of piperidine rings is 1. The Labute approximate surface area is 149 Å². The summed E-state index contributed by atoms with van der Waals surface area (Å²) in [7, 11) is 0. The van der Waals surface area contributed by atoms with Crippen LogP contribution in [-0.4, -0.2) is 35.8 Å². The van der Waals surface area contributed by atoms with Crippen LogP contribution < -0.4 is 4.90 Å². The van der Waals surface area contributed by atoms with Gasteiger partial charge in [0.15, 0.2) is 0 Å². The standard InChI is InChI=1S/C21H24N2O2/c1-2-20(24)23(18-11-7-4-8-12-18)19-13-15-22(16-14-19)21(25)17-9-5-3-6-10-17/h3-12,19H,2,13-16H2,1H3. The highest BCUT2D eigenvalue weighted by atomic mass is 16.2. The van der Waals surface area contributed by atoms with E-state index >= 15 is 0 Å². The van der Waals surface area contributed by atoms with Crippen molar-refractivity contribution in [3.8, 4) is 0 Å². The van der Waals surface area contributed by atoms with Crippen molar-refractivity contribution in [2.24, 2.45) is 0 Å². The predicted molar refractivity (Wildman–Crippen MR) is 99.6 cm³/mol. The van der Waals surface area contributed by atoms with Crippen molar-refractivity contribution in [2.75, 3.05) is 18.0 Å². The fourth-order valence-corrected chi connectivity index (χ4v) is 3.41. The zero-order valence-electron chi connectivity index (χ0n) is 14.6. The molecule has 1 aliphatic heterocycles. The summed E-state index contributed by atoms with van der Waals surface area (Å²) in [5.74, 6) is 0.214. The number of para-hydroxylation sites is 1. The molecule has 1 saturated heterocycles. The fraction of sp³-hybridized carbons (Fsp3) is 0.333. The number of benzene rings is 2. The molecule has 0 N–H and O–H groups in total. The van der Waals surface area contributed by atoms with Gasteiger partial charge in [0.1, 0.15) is 0 Å². The summed E-state index contributed by atoms with van der Waals surface area (Å²) in [4.78, 5) is 28.9. The summed E-state index contributed by atoms with van der Waals surface area (Å²) in [6, 6.07) is 19.4. The van der Waals surface area contributed by atoms with Crippen molar-refractivity contribution < 1.29 is 9.59 Å². The van der Waals surface area contributed by atoms with Gasteiger partial charge in [-0.2, -0.15) is 0 Å². The molecule has 4 nitrogen and oxygen atoms in total. The third-order valence-electron chi connectivity index (χ3n) is 4.74. The van der Waals surface area contributed by atoms with Gasteiger partial charge in [-0.25, -0.2) is 0 Å². The summed E-state index contributed by atoms with van der Waals surface area (Å²) in [6.45, 7) is 3.25. The molecule has 0 aromatic heterocycles. The van der Waals surface area contributed by atoms with E-state index in [1.807, 2.05) is 77.4 Å². The van der Waals surface area contributed by atoms with Crippen LogP contribution in [0.3, 0.4) is 0 Å². The second-order valence-electron chi connectivity index (χ2n) is 6.34. The highest BCUT2D eigenvalue weighted by Crippen LogP contribution is 2.25. The molecule has 3 rings (SSSR count). The molecule has 0 spiro atoms. The molecule has 1 aliphatic rings. The average molecular weight is 336 g/mol. The summed E-state index contributed by atoms with van der Waals surface area (Å²) in [6.07, 6.45) is 2.09. The van der Waals surface area contributed by atoms with Crippen molar-refractivity contribution in [1.29, 1.82) is 0 Å². The second kappa shape index (κ2) is 7.97. The molecule has 1 heterocycles. The average Bonchev–Trinajstić information content (AvgIpc) is 2.69. The lowest BCUT2D eigenvalue weighted by Gasteiger charge is -2.38. The minimum atomic E-state index is 0.0760. The third-order valence-corrected chi connectivity index (χ3v) is 4.74. The molecule has 0 aliphatic carbocycles. The Morgan fingerprint density at radius 1 is 0.960 bits per heavy atom. The van der Waals surface area contributed by atoms with Gasteiger partial charge in [-0.1, -0.05) is 43.3 Å². The van der Waals surface area contributed by atoms with Gasteiger partial charge >= 0.3 is 0 Å². The molecular formula is C21H24N2O2. The molecular weight excluding hydrogens is 312 g/mol. The van der Waals surface area contributed by atoms with Crippen LogP contribution in [0, 0.1) is 0 Å². The van der Waals surface area contributed by atoms with Crippen LogP contribution in [0.2, 0.25) is 0 Å². The van der Waals surface area contributed by atoms with E-state index < -0.39 is 0 Å². The number of rotatable bonds is 4. The van der Waals surface area contributed by atoms with Crippen molar-refractivity contribution in [3.05, 3.63) is 66.2 Å². The maximum absolute atomic E-state index is 12.6. The Bertz CT molecular complexity index is 707. The van der Waals surface area contributed by atoms with Gasteiger partial charge < -0.3 is 9.80 Å².